The highest BCUT2D eigenvalue weighted by Crippen LogP contribution is 2.21. The highest BCUT2D eigenvalue weighted by Gasteiger charge is 2.30. The maximum absolute atomic E-state index is 13.3. The molecule has 0 radical (unpaired) electrons. The van der Waals surface area contributed by atoms with Gasteiger partial charge < -0.3 is 45.2 Å². The van der Waals surface area contributed by atoms with Gasteiger partial charge >= 0.3 is 18.2 Å². The number of nitrogens with zero attached hydrogens (tertiary/aromatic N) is 3. The molecule has 0 saturated carbocycles. The standard InChI is InChI=1S/C33H47N3O4.C25H34N2O.C8H15NO4/c1-33(2,3)40-32(39)35(4)25-30(37)36-23-21-28(22-24-36)31(38)34-29(19-11-17-26-13-7-5-8-14-26)20-12-18-27-15-9-6-10-16-27;28-25(23-17-19-26-20-18-23)27-24(15-7-13-21-9-3-1-4-10-21)16-8-14-22-11-5-2-6-12-22;1-8(2,3)13-7(12)9(4)5-6(10)11/h5-10,13-16,28-29H,11-12,17-25H2,1-4H3,(H,34,38);1-6,9-12,23-24,26H,7-8,13-20H2,(H,27,28);5H2,1-4H3,(H,10,11). The number of carbonyl (C=O) groups excluding carboxylic acids is 5. The van der Waals surface area contributed by atoms with Crippen molar-refractivity contribution < 1.29 is 43.3 Å². The van der Waals surface area contributed by atoms with Crippen LogP contribution in [-0.4, -0.2) is 132 Å². The number of aliphatic carboxylic acids is 1. The number of aryl methyl sites for hydroxylation is 4. The number of piperidine rings is 2. The van der Waals surface area contributed by atoms with Crippen molar-refractivity contribution in [1.82, 2.24) is 30.7 Å². The molecule has 0 spiro atoms. The number of ether oxygens (including phenoxy) is 2. The number of likely N-dealkylation sites (N-methyl/N-ethyl adjacent to an activating group) is 2. The van der Waals surface area contributed by atoms with Crippen LogP contribution in [0.25, 0.3) is 0 Å². The lowest BCUT2D eigenvalue weighted by Gasteiger charge is -2.33. The molecular formula is C66H96N6O9. The monoisotopic (exact) mass is 1120 g/mol. The zero-order chi connectivity index (χ0) is 59.0. The van der Waals surface area contributed by atoms with Gasteiger partial charge in [0.25, 0.3) is 0 Å². The van der Waals surface area contributed by atoms with Gasteiger partial charge in [0.2, 0.25) is 17.7 Å². The second-order valence-corrected chi connectivity index (χ2v) is 23.7. The number of amides is 5. The zero-order valence-corrected chi connectivity index (χ0v) is 50.0. The minimum atomic E-state index is -1.06. The number of benzene rings is 4. The van der Waals surface area contributed by atoms with Crippen LogP contribution in [0.15, 0.2) is 121 Å². The minimum absolute atomic E-state index is 0.0311. The number of likely N-dealkylation sites (tertiary alicyclic amines) is 1. The Hall–Kier alpha value is -6.74. The van der Waals surface area contributed by atoms with E-state index in [0.29, 0.717) is 25.9 Å². The number of hydrogen-bond donors (Lipinski definition) is 4. The van der Waals surface area contributed by atoms with Crippen molar-refractivity contribution in [3.8, 4) is 0 Å². The van der Waals surface area contributed by atoms with Gasteiger partial charge in [-0.3, -0.25) is 19.2 Å². The molecule has 0 aliphatic carbocycles. The summed E-state index contributed by atoms with van der Waals surface area (Å²) in [6, 6.07) is 42.7. The van der Waals surface area contributed by atoms with Gasteiger partial charge in [-0.05, 0) is 180 Å². The first-order valence-electron chi connectivity index (χ1n) is 29.5. The summed E-state index contributed by atoms with van der Waals surface area (Å²) in [5.74, 6) is -0.723. The van der Waals surface area contributed by atoms with Crippen LogP contribution in [0.5, 0.6) is 0 Å². The number of carbonyl (C=O) groups is 6. The van der Waals surface area contributed by atoms with Crippen molar-refractivity contribution in [1.29, 1.82) is 0 Å². The van der Waals surface area contributed by atoms with Gasteiger partial charge in [0.1, 0.15) is 24.3 Å². The van der Waals surface area contributed by atoms with E-state index in [1.165, 1.54) is 34.2 Å². The van der Waals surface area contributed by atoms with Crippen LogP contribution in [-0.2, 0) is 54.3 Å². The molecule has 4 aromatic rings. The van der Waals surface area contributed by atoms with Gasteiger partial charge in [0.05, 0.1) is 0 Å². The molecule has 2 aliphatic rings. The summed E-state index contributed by atoms with van der Waals surface area (Å²) in [5.41, 5.74) is 4.22. The average molecular weight is 1120 g/mol. The molecule has 15 heteroatoms. The van der Waals surface area contributed by atoms with Gasteiger partial charge in [-0.2, -0.15) is 0 Å². The molecule has 2 fully saturated rings. The third-order valence-corrected chi connectivity index (χ3v) is 14.2. The number of carboxylic acid groups (broad SMARTS) is 1. The summed E-state index contributed by atoms with van der Waals surface area (Å²) >= 11 is 0. The lowest BCUT2D eigenvalue weighted by atomic mass is 9.94. The van der Waals surface area contributed by atoms with Crippen LogP contribution in [0.2, 0.25) is 0 Å². The van der Waals surface area contributed by atoms with E-state index < -0.39 is 29.4 Å². The topological polar surface area (TPSA) is 187 Å². The Kier molecular flexibility index (Phi) is 29.6. The predicted octanol–water partition coefficient (Wildman–Crippen LogP) is 11.1. The number of rotatable bonds is 24. The second kappa shape index (κ2) is 35.9. The minimum Gasteiger partial charge on any atom is -0.480 e. The van der Waals surface area contributed by atoms with E-state index in [1.807, 2.05) is 12.1 Å². The first kappa shape index (κ1) is 66.8. The van der Waals surface area contributed by atoms with Crippen molar-refractivity contribution in [3.63, 3.8) is 0 Å². The molecule has 6 rings (SSSR count). The van der Waals surface area contributed by atoms with Crippen molar-refractivity contribution >= 4 is 35.9 Å². The molecule has 0 aromatic heterocycles. The normalized spacial score (nSPS) is 13.9. The van der Waals surface area contributed by atoms with Crippen LogP contribution < -0.4 is 16.0 Å². The van der Waals surface area contributed by atoms with Gasteiger partial charge in [-0.15, -0.1) is 0 Å². The van der Waals surface area contributed by atoms with Crippen LogP contribution in [0.1, 0.15) is 141 Å². The smallest absolute Gasteiger partial charge is 0.410 e. The van der Waals surface area contributed by atoms with Gasteiger partial charge in [-0.1, -0.05) is 121 Å². The largest absolute Gasteiger partial charge is 0.480 e. The highest BCUT2D eigenvalue weighted by molar-refractivity contribution is 5.83. The van der Waals surface area contributed by atoms with E-state index in [2.05, 4.69) is 125 Å². The Morgan fingerprint density at radius 1 is 0.519 bits per heavy atom. The maximum Gasteiger partial charge on any atom is 0.410 e. The van der Waals surface area contributed by atoms with E-state index in [-0.39, 0.29) is 54.7 Å². The fraction of sp³-hybridized carbons (Fsp3) is 0.545. The SMILES string of the molecule is CN(CC(=O)N1CCC(C(=O)NC(CCCc2ccccc2)CCCc2ccccc2)CC1)C(=O)OC(C)(C)C.CN(CC(=O)O)C(=O)OC(C)(C)C.O=C(NC(CCCc1ccccc1)CCCc1ccccc1)C1CCNCC1. The molecule has 0 bridgehead atoms. The number of carboxylic acids is 1. The molecule has 2 saturated heterocycles. The summed E-state index contributed by atoms with van der Waals surface area (Å²) in [6.45, 7) is 13.1. The molecule has 5 amide bonds. The third-order valence-electron chi connectivity index (χ3n) is 14.2. The van der Waals surface area contributed by atoms with Gasteiger partial charge in [0.15, 0.2) is 0 Å². The second-order valence-electron chi connectivity index (χ2n) is 23.7. The quantitative estimate of drug-likeness (QED) is 0.0526. The zero-order valence-electron chi connectivity index (χ0n) is 50.0. The van der Waals surface area contributed by atoms with Crippen molar-refractivity contribution in [2.45, 2.75) is 168 Å². The fourth-order valence-corrected chi connectivity index (χ4v) is 9.79. The highest BCUT2D eigenvalue weighted by atomic mass is 16.6. The Labute approximate surface area is 484 Å². The van der Waals surface area contributed by atoms with Crippen LogP contribution >= 0.6 is 0 Å². The molecule has 444 valence electrons. The molecular weight excluding hydrogens is 1020 g/mol. The molecule has 2 aliphatic heterocycles. The van der Waals surface area contributed by atoms with Crippen LogP contribution in [0, 0.1) is 11.8 Å². The average Bonchev–Trinajstić information content (AvgIpc) is 3.43. The van der Waals surface area contributed by atoms with Crippen molar-refractivity contribution in [3.05, 3.63) is 144 Å². The van der Waals surface area contributed by atoms with E-state index in [9.17, 15) is 28.8 Å². The van der Waals surface area contributed by atoms with Crippen LogP contribution in [0.3, 0.4) is 0 Å². The maximum atomic E-state index is 13.3. The summed E-state index contributed by atoms with van der Waals surface area (Å²) < 4.78 is 10.3. The molecule has 2 heterocycles. The fourth-order valence-electron chi connectivity index (χ4n) is 9.79. The van der Waals surface area contributed by atoms with Gasteiger partial charge in [-0.25, -0.2) is 9.59 Å². The first-order chi connectivity index (χ1) is 38.6. The Morgan fingerprint density at radius 3 is 1.14 bits per heavy atom. The summed E-state index contributed by atoms with van der Waals surface area (Å²) in [4.78, 5) is 76.4. The Bertz CT molecular complexity index is 2340. The molecule has 0 unspecified atom stereocenters. The van der Waals surface area contributed by atoms with E-state index >= 15 is 0 Å². The van der Waals surface area contributed by atoms with Crippen molar-refractivity contribution in [2.75, 3.05) is 53.4 Å². The molecule has 81 heavy (non-hydrogen) atoms. The molecule has 4 N–H and O–H groups in total. The first-order valence-corrected chi connectivity index (χ1v) is 29.5. The summed E-state index contributed by atoms with van der Waals surface area (Å²) in [7, 11) is 2.95. The molecule has 0 atom stereocenters. The van der Waals surface area contributed by atoms with E-state index in [4.69, 9.17) is 14.6 Å². The summed E-state index contributed by atoms with van der Waals surface area (Å²) in [6.07, 6.45) is 14.5. The number of hydrogen-bond acceptors (Lipinski definition) is 9. The Morgan fingerprint density at radius 2 is 0.827 bits per heavy atom. The Balaban J connectivity index is 0.000000297. The predicted molar refractivity (Wildman–Crippen MR) is 322 cm³/mol. The lowest BCUT2D eigenvalue weighted by molar-refractivity contribution is -0.138. The summed E-state index contributed by atoms with van der Waals surface area (Å²) in [5, 5.41) is 18.5. The van der Waals surface area contributed by atoms with Crippen molar-refractivity contribution in [2.24, 2.45) is 11.8 Å². The van der Waals surface area contributed by atoms with E-state index in [1.54, 1.807) is 53.5 Å². The van der Waals surface area contributed by atoms with E-state index in [0.717, 1.165) is 108 Å². The molecule has 4 aromatic carbocycles. The van der Waals surface area contributed by atoms with Gasteiger partial charge in [0, 0.05) is 51.1 Å². The number of nitrogens with one attached hydrogen (secondary N) is 3. The third kappa shape index (κ3) is 29.0. The lowest BCUT2D eigenvalue weighted by Crippen LogP contribution is -2.48. The van der Waals surface area contributed by atoms with Crippen LogP contribution in [0.4, 0.5) is 9.59 Å². The molecule has 15 nitrogen and oxygen atoms in total.